The predicted octanol–water partition coefficient (Wildman–Crippen LogP) is 3.16. The van der Waals surface area contributed by atoms with Crippen molar-refractivity contribution in [3.8, 4) is 5.75 Å². The second-order valence-corrected chi connectivity index (χ2v) is 7.58. The lowest BCUT2D eigenvalue weighted by atomic mass is 10.1. The van der Waals surface area contributed by atoms with E-state index >= 15 is 0 Å². The number of para-hydroxylation sites is 2. The number of nitrogens with one attached hydrogen (secondary N) is 1. The van der Waals surface area contributed by atoms with Crippen molar-refractivity contribution >= 4 is 28.9 Å². The molecule has 1 aliphatic heterocycles. The zero-order valence-electron chi connectivity index (χ0n) is 17.8. The van der Waals surface area contributed by atoms with Crippen LogP contribution >= 0.6 is 0 Å². The van der Waals surface area contributed by atoms with Crippen LogP contribution in [-0.2, 0) is 4.79 Å². The van der Waals surface area contributed by atoms with Gasteiger partial charge in [0.2, 0.25) is 5.91 Å². The summed E-state index contributed by atoms with van der Waals surface area (Å²) < 4.78 is 4.99. The number of nitro benzene ring substituents is 1. The molecule has 0 aliphatic carbocycles. The minimum atomic E-state index is -0.582. The van der Waals surface area contributed by atoms with Crippen LogP contribution in [0.15, 0.2) is 42.5 Å². The molecule has 0 unspecified atom stereocenters. The Kier molecular flexibility index (Phi) is 6.74. The van der Waals surface area contributed by atoms with Crippen LogP contribution in [0.1, 0.15) is 24.2 Å². The number of amides is 2. The van der Waals surface area contributed by atoms with Gasteiger partial charge in [-0.1, -0.05) is 26.0 Å². The van der Waals surface area contributed by atoms with E-state index in [1.165, 1.54) is 25.3 Å². The Morgan fingerprint density at radius 3 is 2.39 bits per heavy atom. The van der Waals surface area contributed by atoms with Crippen LogP contribution in [0.2, 0.25) is 0 Å². The van der Waals surface area contributed by atoms with Crippen LogP contribution in [0, 0.1) is 16.0 Å². The molecule has 164 valence electrons. The molecule has 0 aromatic heterocycles. The number of hydrogen-bond acceptors (Lipinski definition) is 6. The highest BCUT2D eigenvalue weighted by Crippen LogP contribution is 2.30. The molecule has 1 saturated heterocycles. The zero-order chi connectivity index (χ0) is 22.5. The molecule has 2 amide bonds. The third kappa shape index (κ3) is 4.93. The number of nitro groups is 1. The Bertz CT molecular complexity index is 984. The summed E-state index contributed by atoms with van der Waals surface area (Å²) in [5, 5.41) is 14.1. The van der Waals surface area contributed by atoms with Gasteiger partial charge < -0.3 is 19.9 Å². The Labute approximate surface area is 180 Å². The van der Waals surface area contributed by atoms with Crippen LogP contribution in [0.25, 0.3) is 0 Å². The molecule has 31 heavy (non-hydrogen) atoms. The van der Waals surface area contributed by atoms with Crippen molar-refractivity contribution < 1.29 is 19.2 Å². The molecule has 0 atom stereocenters. The minimum Gasteiger partial charge on any atom is -0.490 e. The van der Waals surface area contributed by atoms with Crippen molar-refractivity contribution in [1.82, 2.24) is 4.90 Å². The first-order valence-corrected chi connectivity index (χ1v) is 10.1. The molecule has 2 aromatic rings. The molecule has 1 N–H and O–H groups in total. The minimum absolute atomic E-state index is 0.0355. The van der Waals surface area contributed by atoms with E-state index in [4.69, 9.17) is 4.74 Å². The molecule has 0 spiro atoms. The van der Waals surface area contributed by atoms with E-state index in [1.54, 1.807) is 6.07 Å². The summed E-state index contributed by atoms with van der Waals surface area (Å²) in [5.41, 5.74) is 1.34. The van der Waals surface area contributed by atoms with Crippen molar-refractivity contribution in [2.45, 2.75) is 13.8 Å². The van der Waals surface area contributed by atoms with Crippen LogP contribution in [-0.4, -0.2) is 54.9 Å². The summed E-state index contributed by atoms with van der Waals surface area (Å²) in [6, 6.07) is 11.5. The Hall–Kier alpha value is -3.62. The van der Waals surface area contributed by atoms with E-state index < -0.39 is 10.8 Å². The summed E-state index contributed by atoms with van der Waals surface area (Å²) >= 11 is 0. The molecule has 3 rings (SSSR count). The van der Waals surface area contributed by atoms with Crippen molar-refractivity contribution in [1.29, 1.82) is 0 Å². The Balaban J connectivity index is 1.76. The summed E-state index contributed by atoms with van der Waals surface area (Å²) in [6.45, 7) is 6.32. The number of piperazine rings is 1. The van der Waals surface area contributed by atoms with E-state index in [2.05, 4.69) is 10.2 Å². The fourth-order valence-corrected chi connectivity index (χ4v) is 3.56. The summed E-state index contributed by atoms with van der Waals surface area (Å²) in [6.07, 6.45) is 0. The van der Waals surface area contributed by atoms with Gasteiger partial charge in [0, 0.05) is 43.7 Å². The van der Waals surface area contributed by atoms with Gasteiger partial charge in [-0.15, -0.1) is 0 Å². The topological polar surface area (TPSA) is 105 Å². The first kappa shape index (κ1) is 22.1. The number of hydrogen-bond donors (Lipinski definition) is 1. The largest absolute Gasteiger partial charge is 0.490 e. The highest BCUT2D eigenvalue weighted by molar-refractivity contribution is 6.06. The fourth-order valence-electron chi connectivity index (χ4n) is 3.56. The highest BCUT2D eigenvalue weighted by atomic mass is 16.6. The van der Waals surface area contributed by atoms with E-state index in [9.17, 15) is 19.7 Å². The summed E-state index contributed by atoms with van der Waals surface area (Å²) in [7, 11) is 1.34. The van der Waals surface area contributed by atoms with E-state index in [0.717, 1.165) is 5.69 Å². The van der Waals surface area contributed by atoms with Crippen LogP contribution in [0.3, 0.4) is 0 Å². The third-order valence-electron chi connectivity index (χ3n) is 5.22. The highest BCUT2D eigenvalue weighted by Gasteiger charge is 2.25. The lowest BCUT2D eigenvalue weighted by Gasteiger charge is -2.37. The molecular formula is C22H26N4O5. The number of ether oxygens (including phenoxy) is 1. The monoisotopic (exact) mass is 426 g/mol. The maximum Gasteiger partial charge on any atom is 0.311 e. The average molecular weight is 426 g/mol. The van der Waals surface area contributed by atoms with Gasteiger partial charge >= 0.3 is 5.69 Å². The van der Waals surface area contributed by atoms with Crippen molar-refractivity contribution in [3.63, 3.8) is 0 Å². The molecule has 9 nitrogen and oxygen atoms in total. The van der Waals surface area contributed by atoms with Gasteiger partial charge in [-0.2, -0.15) is 0 Å². The first-order chi connectivity index (χ1) is 14.8. The maximum absolute atomic E-state index is 12.8. The van der Waals surface area contributed by atoms with Crippen LogP contribution < -0.4 is 15.0 Å². The summed E-state index contributed by atoms with van der Waals surface area (Å²) in [4.78, 5) is 39.7. The Morgan fingerprint density at radius 1 is 1.10 bits per heavy atom. The number of rotatable bonds is 6. The molecule has 2 aromatic carbocycles. The van der Waals surface area contributed by atoms with Gasteiger partial charge in [-0.05, 0) is 24.3 Å². The van der Waals surface area contributed by atoms with Crippen molar-refractivity contribution in [3.05, 3.63) is 58.1 Å². The van der Waals surface area contributed by atoms with Gasteiger partial charge in [0.25, 0.3) is 5.91 Å². The molecular weight excluding hydrogens is 400 g/mol. The standard InChI is InChI=1S/C22H26N4O5/c1-15(2)22(28)25-12-10-24(11-13-25)18-7-5-4-6-17(18)23-21(27)16-8-9-20(31-3)19(14-16)26(29)30/h4-9,14-15H,10-13H2,1-3H3,(H,23,27). The van der Waals surface area contributed by atoms with E-state index in [-0.39, 0.29) is 28.8 Å². The van der Waals surface area contributed by atoms with Gasteiger partial charge in [0.1, 0.15) is 0 Å². The summed E-state index contributed by atoms with van der Waals surface area (Å²) in [5.74, 6) is -0.253. The van der Waals surface area contributed by atoms with Gasteiger partial charge in [0.05, 0.1) is 23.4 Å². The second kappa shape index (κ2) is 9.46. The van der Waals surface area contributed by atoms with Gasteiger partial charge in [-0.25, -0.2) is 0 Å². The van der Waals surface area contributed by atoms with Gasteiger partial charge in [0.15, 0.2) is 5.75 Å². The zero-order valence-corrected chi connectivity index (χ0v) is 17.8. The molecule has 1 heterocycles. The number of benzene rings is 2. The molecule has 0 saturated carbocycles. The molecule has 0 radical (unpaired) electrons. The number of carbonyl (C=O) groups excluding carboxylic acids is 2. The van der Waals surface area contributed by atoms with Crippen LogP contribution in [0.4, 0.5) is 17.1 Å². The van der Waals surface area contributed by atoms with E-state index in [0.29, 0.717) is 31.9 Å². The fraction of sp³-hybridized carbons (Fsp3) is 0.364. The predicted molar refractivity (Wildman–Crippen MR) is 118 cm³/mol. The lowest BCUT2D eigenvalue weighted by molar-refractivity contribution is -0.385. The molecule has 1 fully saturated rings. The average Bonchev–Trinajstić information content (AvgIpc) is 2.78. The number of nitrogens with zero attached hydrogens (tertiary/aromatic N) is 3. The number of anilines is 2. The molecule has 9 heteroatoms. The molecule has 0 bridgehead atoms. The smallest absolute Gasteiger partial charge is 0.311 e. The van der Waals surface area contributed by atoms with Crippen molar-refractivity contribution in [2.24, 2.45) is 5.92 Å². The number of carbonyl (C=O) groups is 2. The molecule has 1 aliphatic rings. The van der Waals surface area contributed by atoms with Crippen LogP contribution in [0.5, 0.6) is 5.75 Å². The Morgan fingerprint density at radius 2 is 1.77 bits per heavy atom. The van der Waals surface area contributed by atoms with E-state index in [1.807, 2.05) is 36.9 Å². The normalized spacial score (nSPS) is 13.8. The SMILES string of the molecule is COc1ccc(C(=O)Nc2ccccc2N2CCN(C(=O)C(C)C)CC2)cc1[N+](=O)[O-]. The quantitative estimate of drug-likeness (QED) is 0.562. The third-order valence-corrected chi connectivity index (χ3v) is 5.22. The van der Waals surface area contributed by atoms with Gasteiger partial charge in [-0.3, -0.25) is 19.7 Å². The second-order valence-electron chi connectivity index (χ2n) is 7.58. The maximum atomic E-state index is 12.8. The lowest BCUT2D eigenvalue weighted by Crippen LogP contribution is -2.50. The number of methoxy groups -OCH3 is 1. The van der Waals surface area contributed by atoms with Crippen molar-refractivity contribution in [2.75, 3.05) is 43.5 Å². The first-order valence-electron chi connectivity index (χ1n) is 10.1.